The Kier molecular flexibility index (Phi) is 7.41. The van der Waals surface area contributed by atoms with Gasteiger partial charge in [-0.1, -0.05) is 17.8 Å². The Morgan fingerprint density at radius 2 is 1.57 bits per heavy atom. The number of rotatable bonds is 7. The van der Waals surface area contributed by atoms with E-state index in [1.54, 1.807) is 21.9 Å². The summed E-state index contributed by atoms with van der Waals surface area (Å²) in [5, 5.41) is 0. The predicted octanol–water partition coefficient (Wildman–Crippen LogP) is 3.99. The van der Waals surface area contributed by atoms with Crippen LogP contribution in [0.4, 0.5) is 14.5 Å². The van der Waals surface area contributed by atoms with Gasteiger partial charge in [0.05, 0.1) is 11.2 Å². The summed E-state index contributed by atoms with van der Waals surface area (Å²) in [5.74, 6) is -2.93. The van der Waals surface area contributed by atoms with Crippen LogP contribution < -0.4 is 4.72 Å². The SMILES string of the molecule is O=C(c1cccc(S(=O)(=O)Nc2ccc(SC(F)F)cc2)c1)N1CCN(C(=O)c2ccco2)CC1. The van der Waals surface area contributed by atoms with E-state index in [-0.39, 0.29) is 33.7 Å². The third-order valence-electron chi connectivity index (χ3n) is 5.31. The molecule has 1 saturated heterocycles. The van der Waals surface area contributed by atoms with Crippen LogP contribution in [0.15, 0.2) is 81.1 Å². The molecule has 2 amide bonds. The van der Waals surface area contributed by atoms with E-state index in [1.807, 2.05) is 0 Å². The molecule has 1 aliphatic heterocycles. The Balaban J connectivity index is 1.41. The fourth-order valence-corrected chi connectivity index (χ4v) is 5.17. The zero-order valence-electron chi connectivity index (χ0n) is 18.3. The van der Waals surface area contributed by atoms with Crippen LogP contribution in [0.25, 0.3) is 0 Å². The number of carbonyl (C=O) groups is 2. The van der Waals surface area contributed by atoms with Gasteiger partial charge in [0, 0.05) is 42.3 Å². The lowest BCUT2D eigenvalue weighted by Crippen LogP contribution is -2.50. The minimum Gasteiger partial charge on any atom is -0.459 e. The second-order valence-electron chi connectivity index (χ2n) is 7.60. The maximum Gasteiger partial charge on any atom is 0.289 e. The van der Waals surface area contributed by atoms with Crippen molar-refractivity contribution in [1.29, 1.82) is 0 Å². The molecule has 3 aromatic rings. The monoisotopic (exact) mass is 521 g/mol. The number of benzene rings is 2. The van der Waals surface area contributed by atoms with Gasteiger partial charge in [-0.3, -0.25) is 14.3 Å². The largest absolute Gasteiger partial charge is 0.459 e. The van der Waals surface area contributed by atoms with Crippen LogP contribution >= 0.6 is 11.8 Å². The molecule has 1 fully saturated rings. The highest BCUT2D eigenvalue weighted by Crippen LogP contribution is 2.27. The van der Waals surface area contributed by atoms with Crippen molar-refractivity contribution >= 4 is 39.3 Å². The van der Waals surface area contributed by atoms with Gasteiger partial charge in [0.15, 0.2) is 5.76 Å². The van der Waals surface area contributed by atoms with Gasteiger partial charge >= 0.3 is 0 Å². The molecule has 0 unspecified atom stereocenters. The molecule has 1 N–H and O–H groups in total. The fourth-order valence-electron chi connectivity index (χ4n) is 3.57. The molecule has 4 rings (SSSR count). The number of sulfonamides is 1. The molecule has 0 spiro atoms. The first-order valence-electron chi connectivity index (χ1n) is 10.5. The summed E-state index contributed by atoms with van der Waals surface area (Å²) in [6.45, 7) is 1.24. The summed E-state index contributed by atoms with van der Waals surface area (Å²) in [6.07, 6.45) is 1.42. The quantitative estimate of drug-likeness (QED) is 0.472. The average Bonchev–Trinajstić information content (AvgIpc) is 3.39. The smallest absolute Gasteiger partial charge is 0.289 e. The van der Waals surface area contributed by atoms with Crippen LogP contribution in [0.1, 0.15) is 20.9 Å². The second-order valence-corrected chi connectivity index (χ2v) is 10.3. The highest BCUT2D eigenvalue weighted by Gasteiger charge is 2.27. The highest BCUT2D eigenvalue weighted by molar-refractivity contribution is 7.99. The molecule has 0 radical (unpaired) electrons. The van der Waals surface area contributed by atoms with Gasteiger partial charge in [-0.2, -0.15) is 8.78 Å². The van der Waals surface area contributed by atoms with Crippen molar-refractivity contribution in [2.75, 3.05) is 30.9 Å². The van der Waals surface area contributed by atoms with Crippen molar-refractivity contribution in [2.45, 2.75) is 15.5 Å². The van der Waals surface area contributed by atoms with Gasteiger partial charge < -0.3 is 14.2 Å². The van der Waals surface area contributed by atoms with Crippen LogP contribution in [-0.4, -0.2) is 62.0 Å². The Bertz CT molecular complexity index is 1290. The molecule has 1 aliphatic rings. The second kappa shape index (κ2) is 10.5. The molecule has 0 aliphatic carbocycles. The molecule has 35 heavy (non-hydrogen) atoms. The van der Waals surface area contributed by atoms with Crippen molar-refractivity contribution in [3.8, 4) is 0 Å². The highest BCUT2D eigenvalue weighted by atomic mass is 32.2. The van der Waals surface area contributed by atoms with E-state index in [9.17, 15) is 26.8 Å². The topological polar surface area (TPSA) is 99.9 Å². The van der Waals surface area contributed by atoms with Gasteiger partial charge in [0.25, 0.3) is 27.6 Å². The summed E-state index contributed by atoms with van der Waals surface area (Å²) in [4.78, 5) is 28.7. The number of thioether (sulfide) groups is 1. The number of furan rings is 1. The minimum absolute atomic E-state index is 0.110. The van der Waals surface area contributed by atoms with Gasteiger partial charge in [0.2, 0.25) is 0 Å². The van der Waals surface area contributed by atoms with Gasteiger partial charge in [-0.05, 0) is 54.6 Å². The lowest BCUT2D eigenvalue weighted by molar-refractivity contribution is 0.0518. The first-order chi connectivity index (χ1) is 16.7. The van der Waals surface area contributed by atoms with E-state index in [4.69, 9.17) is 4.42 Å². The summed E-state index contributed by atoms with van der Waals surface area (Å²) < 4.78 is 58.1. The van der Waals surface area contributed by atoms with Crippen LogP contribution in [0.2, 0.25) is 0 Å². The fraction of sp³-hybridized carbons (Fsp3) is 0.217. The molecule has 0 atom stereocenters. The number of piperazine rings is 1. The van der Waals surface area contributed by atoms with Gasteiger partial charge in [-0.25, -0.2) is 8.42 Å². The summed E-state index contributed by atoms with van der Waals surface area (Å²) >= 11 is 0.362. The van der Waals surface area contributed by atoms with Crippen LogP contribution in [-0.2, 0) is 10.0 Å². The maximum atomic E-state index is 13.0. The van der Waals surface area contributed by atoms with E-state index >= 15 is 0 Å². The number of alkyl halides is 2. The van der Waals surface area contributed by atoms with Crippen molar-refractivity contribution in [3.63, 3.8) is 0 Å². The van der Waals surface area contributed by atoms with Crippen molar-refractivity contribution < 1.29 is 31.2 Å². The van der Waals surface area contributed by atoms with Crippen LogP contribution in [0.5, 0.6) is 0 Å². The van der Waals surface area contributed by atoms with E-state index in [0.717, 1.165) is 0 Å². The molecular formula is C23H21F2N3O5S2. The number of nitrogens with zero attached hydrogens (tertiary/aromatic N) is 2. The minimum atomic E-state index is -4.02. The molecule has 0 saturated carbocycles. The van der Waals surface area contributed by atoms with Crippen molar-refractivity contribution in [1.82, 2.24) is 9.80 Å². The first kappa shape index (κ1) is 24.7. The van der Waals surface area contributed by atoms with E-state index < -0.39 is 15.8 Å². The molecule has 2 aromatic carbocycles. The summed E-state index contributed by atoms with van der Waals surface area (Å²) in [7, 11) is -4.02. The number of anilines is 1. The molecule has 184 valence electrons. The number of amides is 2. The normalized spacial score (nSPS) is 14.3. The third-order valence-corrected chi connectivity index (χ3v) is 7.41. The van der Waals surface area contributed by atoms with Gasteiger partial charge in [-0.15, -0.1) is 0 Å². The van der Waals surface area contributed by atoms with Gasteiger partial charge in [0.1, 0.15) is 0 Å². The van der Waals surface area contributed by atoms with E-state index in [0.29, 0.717) is 42.8 Å². The lowest BCUT2D eigenvalue weighted by atomic mass is 10.2. The Morgan fingerprint density at radius 3 is 2.17 bits per heavy atom. The zero-order chi connectivity index (χ0) is 25.0. The summed E-state index contributed by atoms with van der Waals surface area (Å²) in [5.41, 5.74) is 0.403. The molecular weight excluding hydrogens is 500 g/mol. The molecule has 8 nitrogen and oxygen atoms in total. The van der Waals surface area contributed by atoms with E-state index in [1.165, 1.54) is 54.8 Å². The summed E-state index contributed by atoms with van der Waals surface area (Å²) in [6, 6.07) is 14.4. The van der Waals surface area contributed by atoms with Crippen LogP contribution in [0.3, 0.4) is 0 Å². The predicted molar refractivity (Wildman–Crippen MR) is 126 cm³/mol. The standard InChI is InChI=1S/C23H21F2N3O5S2/c24-23(25)34-18-8-6-17(7-9-18)26-35(31,32)19-4-1-3-16(15-19)21(29)27-10-12-28(13-11-27)22(30)20-5-2-14-33-20/h1-9,14-15,23,26H,10-13H2. The average molecular weight is 522 g/mol. The molecule has 2 heterocycles. The van der Waals surface area contributed by atoms with E-state index in [2.05, 4.69) is 4.72 Å². The number of nitrogens with one attached hydrogen (secondary N) is 1. The number of halogens is 2. The number of carbonyl (C=O) groups excluding carboxylic acids is 2. The number of hydrogen-bond donors (Lipinski definition) is 1. The molecule has 12 heteroatoms. The van der Waals surface area contributed by atoms with Crippen molar-refractivity contribution in [3.05, 3.63) is 78.3 Å². The number of hydrogen-bond acceptors (Lipinski definition) is 6. The van der Waals surface area contributed by atoms with Crippen molar-refractivity contribution in [2.24, 2.45) is 0 Å². The molecule has 0 bridgehead atoms. The zero-order valence-corrected chi connectivity index (χ0v) is 19.9. The van der Waals surface area contributed by atoms with Crippen LogP contribution in [0, 0.1) is 0 Å². The third kappa shape index (κ3) is 6.01. The lowest BCUT2D eigenvalue weighted by Gasteiger charge is -2.34. The Morgan fingerprint density at radius 1 is 0.914 bits per heavy atom. The Labute approximate surface area is 204 Å². The Hall–Kier alpha value is -3.38. The maximum absolute atomic E-state index is 13.0. The molecule has 1 aromatic heterocycles. The first-order valence-corrected chi connectivity index (χ1v) is 12.9.